The van der Waals surface area contributed by atoms with Crippen LogP contribution in [0.5, 0.6) is 5.75 Å². The Morgan fingerprint density at radius 3 is 2.70 bits per heavy atom. The molecule has 2 aromatic carbocycles. The van der Waals surface area contributed by atoms with Crippen LogP contribution in [0.15, 0.2) is 48.5 Å². The highest BCUT2D eigenvalue weighted by Crippen LogP contribution is 2.20. The number of benzene rings is 2. The van der Waals surface area contributed by atoms with E-state index in [0.717, 1.165) is 34.5 Å². The number of carbonyl (C=O) groups is 1. The Bertz CT molecular complexity index is 666. The molecule has 0 saturated carbocycles. The lowest BCUT2D eigenvalue weighted by atomic mass is 10.2. The SMILES string of the molecule is O=C(Nc1ccccc1I)c1ccc(OCC2CCCO2)cc1. The molecule has 1 unspecified atom stereocenters. The van der Waals surface area contributed by atoms with Gasteiger partial charge in [-0.3, -0.25) is 4.79 Å². The molecule has 0 bridgehead atoms. The topological polar surface area (TPSA) is 47.6 Å². The summed E-state index contributed by atoms with van der Waals surface area (Å²) in [6.45, 7) is 1.39. The summed E-state index contributed by atoms with van der Waals surface area (Å²) in [5, 5.41) is 2.92. The maximum atomic E-state index is 12.3. The standard InChI is InChI=1S/C18H18INO3/c19-16-5-1-2-6-17(16)20-18(21)13-7-9-14(10-8-13)23-12-15-4-3-11-22-15/h1-2,5-10,15H,3-4,11-12H2,(H,20,21). The van der Waals surface area contributed by atoms with Crippen LogP contribution in [0.25, 0.3) is 0 Å². The summed E-state index contributed by atoms with van der Waals surface area (Å²) >= 11 is 2.20. The Balaban J connectivity index is 1.57. The second-order valence-electron chi connectivity index (χ2n) is 5.40. The zero-order valence-electron chi connectivity index (χ0n) is 12.6. The van der Waals surface area contributed by atoms with Crippen molar-refractivity contribution in [1.82, 2.24) is 0 Å². The molecule has 23 heavy (non-hydrogen) atoms. The van der Waals surface area contributed by atoms with E-state index in [1.807, 2.05) is 36.4 Å². The van der Waals surface area contributed by atoms with E-state index in [1.165, 1.54) is 0 Å². The minimum absolute atomic E-state index is 0.125. The quantitative estimate of drug-likeness (QED) is 0.737. The molecule has 3 rings (SSSR count). The Labute approximate surface area is 149 Å². The van der Waals surface area contributed by atoms with Crippen molar-refractivity contribution in [2.45, 2.75) is 18.9 Å². The van der Waals surface area contributed by atoms with Crippen molar-refractivity contribution in [3.05, 3.63) is 57.7 Å². The lowest BCUT2D eigenvalue weighted by molar-refractivity contribution is 0.0679. The van der Waals surface area contributed by atoms with Crippen LogP contribution in [0.1, 0.15) is 23.2 Å². The van der Waals surface area contributed by atoms with E-state index in [4.69, 9.17) is 9.47 Å². The average Bonchev–Trinajstić information content (AvgIpc) is 3.09. The number of rotatable bonds is 5. The molecule has 120 valence electrons. The molecule has 0 aliphatic carbocycles. The minimum Gasteiger partial charge on any atom is -0.491 e. The average molecular weight is 423 g/mol. The first-order valence-corrected chi connectivity index (χ1v) is 8.70. The van der Waals surface area contributed by atoms with Crippen molar-refractivity contribution < 1.29 is 14.3 Å². The molecule has 2 aromatic rings. The predicted octanol–water partition coefficient (Wildman–Crippen LogP) is 4.10. The molecule has 1 fully saturated rings. The highest BCUT2D eigenvalue weighted by Gasteiger charge is 2.16. The van der Waals surface area contributed by atoms with Crippen LogP contribution in [0.4, 0.5) is 5.69 Å². The molecule has 1 atom stereocenters. The Kier molecular flexibility index (Phi) is 5.51. The number of anilines is 1. The van der Waals surface area contributed by atoms with E-state index in [0.29, 0.717) is 12.2 Å². The maximum absolute atomic E-state index is 12.3. The monoisotopic (exact) mass is 423 g/mol. The third kappa shape index (κ3) is 4.45. The molecule has 4 nitrogen and oxygen atoms in total. The molecular formula is C18H18INO3. The highest BCUT2D eigenvalue weighted by molar-refractivity contribution is 14.1. The van der Waals surface area contributed by atoms with E-state index >= 15 is 0 Å². The van der Waals surface area contributed by atoms with Crippen LogP contribution >= 0.6 is 22.6 Å². The third-order valence-electron chi connectivity index (χ3n) is 3.70. The van der Waals surface area contributed by atoms with Crippen molar-refractivity contribution in [1.29, 1.82) is 0 Å². The molecule has 0 spiro atoms. The van der Waals surface area contributed by atoms with Gasteiger partial charge in [-0.1, -0.05) is 12.1 Å². The van der Waals surface area contributed by atoms with Crippen molar-refractivity contribution in [3.63, 3.8) is 0 Å². The van der Waals surface area contributed by atoms with E-state index in [-0.39, 0.29) is 12.0 Å². The smallest absolute Gasteiger partial charge is 0.255 e. The van der Waals surface area contributed by atoms with Gasteiger partial charge in [0.15, 0.2) is 0 Å². The van der Waals surface area contributed by atoms with Crippen LogP contribution in [-0.4, -0.2) is 25.2 Å². The van der Waals surface area contributed by atoms with Gasteiger partial charge < -0.3 is 14.8 Å². The van der Waals surface area contributed by atoms with Gasteiger partial charge in [0.1, 0.15) is 12.4 Å². The molecule has 1 saturated heterocycles. The zero-order valence-corrected chi connectivity index (χ0v) is 14.8. The lowest BCUT2D eigenvalue weighted by Crippen LogP contribution is -2.16. The number of hydrogen-bond acceptors (Lipinski definition) is 3. The summed E-state index contributed by atoms with van der Waals surface area (Å²) in [6.07, 6.45) is 2.35. The molecule has 1 aliphatic rings. The molecule has 1 heterocycles. The first-order chi connectivity index (χ1) is 11.2. The van der Waals surface area contributed by atoms with Gasteiger partial charge in [-0.05, 0) is 71.8 Å². The second-order valence-corrected chi connectivity index (χ2v) is 6.57. The summed E-state index contributed by atoms with van der Waals surface area (Å²) < 4.78 is 12.2. The predicted molar refractivity (Wildman–Crippen MR) is 98.0 cm³/mol. The molecule has 0 radical (unpaired) electrons. The fourth-order valence-corrected chi connectivity index (χ4v) is 2.95. The molecule has 5 heteroatoms. The number of amides is 1. The minimum atomic E-state index is -0.125. The molecule has 1 amide bonds. The van der Waals surface area contributed by atoms with Crippen LogP contribution in [0.2, 0.25) is 0 Å². The van der Waals surface area contributed by atoms with Crippen LogP contribution in [0, 0.1) is 3.57 Å². The highest BCUT2D eigenvalue weighted by atomic mass is 127. The summed E-state index contributed by atoms with van der Waals surface area (Å²) in [5.74, 6) is 0.631. The fourth-order valence-electron chi connectivity index (χ4n) is 2.42. The summed E-state index contributed by atoms with van der Waals surface area (Å²) in [7, 11) is 0. The number of para-hydroxylation sites is 1. The van der Waals surface area contributed by atoms with E-state index < -0.39 is 0 Å². The zero-order chi connectivity index (χ0) is 16.1. The first-order valence-electron chi connectivity index (χ1n) is 7.63. The van der Waals surface area contributed by atoms with Gasteiger partial charge >= 0.3 is 0 Å². The van der Waals surface area contributed by atoms with Gasteiger partial charge in [-0.2, -0.15) is 0 Å². The van der Waals surface area contributed by atoms with Gasteiger partial charge in [0.25, 0.3) is 5.91 Å². The summed E-state index contributed by atoms with van der Waals surface area (Å²) in [6, 6.07) is 14.9. The molecule has 1 aliphatic heterocycles. The van der Waals surface area contributed by atoms with E-state index in [9.17, 15) is 4.79 Å². The van der Waals surface area contributed by atoms with Crippen LogP contribution in [-0.2, 0) is 4.74 Å². The van der Waals surface area contributed by atoms with E-state index in [2.05, 4.69) is 27.9 Å². The number of hydrogen-bond donors (Lipinski definition) is 1. The van der Waals surface area contributed by atoms with Gasteiger partial charge in [0.2, 0.25) is 0 Å². The van der Waals surface area contributed by atoms with Gasteiger partial charge in [0.05, 0.1) is 11.8 Å². The van der Waals surface area contributed by atoms with Crippen molar-refractivity contribution in [3.8, 4) is 5.75 Å². The van der Waals surface area contributed by atoms with Crippen molar-refractivity contribution in [2.24, 2.45) is 0 Å². The van der Waals surface area contributed by atoms with Gasteiger partial charge in [-0.15, -0.1) is 0 Å². The molecular weight excluding hydrogens is 405 g/mol. The Morgan fingerprint density at radius 1 is 1.22 bits per heavy atom. The first kappa shape index (κ1) is 16.3. The number of carbonyl (C=O) groups excluding carboxylic acids is 1. The number of ether oxygens (including phenoxy) is 2. The number of halogens is 1. The largest absolute Gasteiger partial charge is 0.491 e. The van der Waals surface area contributed by atoms with Gasteiger partial charge in [-0.25, -0.2) is 0 Å². The van der Waals surface area contributed by atoms with Crippen LogP contribution < -0.4 is 10.1 Å². The normalized spacial score (nSPS) is 17.0. The second kappa shape index (κ2) is 7.79. The lowest BCUT2D eigenvalue weighted by Gasteiger charge is -2.12. The molecule has 0 aromatic heterocycles. The maximum Gasteiger partial charge on any atom is 0.255 e. The number of nitrogens with one attached hydrogen (secondary N) is 1. The summed E-state index contributed by atoms with van der Waals surface area (Å²) in [4.78, 5) is 12.3. The van der Waals surface area contributed by atoms with E-state index in [1.54, 1.807) is 12.1 Å². The Hall–Kier alpha value is -1.60. The van der Waals surface area contributed by atoms with Gasteiger partial charge in [0, 0.05) is 15.7 Å². The van der Waals surface area contributed by atoms with Crippen molar-refractivity contribution in [2.75, 3.05) is 18.5 Å². The van der Waals surface area contributed by atoms with Crippen LogP contribution in [0.3, 0.4) is 0 Å². The van der Waals surface area contributed by atoms with Crippen molar-refractivity contribution >= 4 is 34.2 Å². The molecule has 1 N–H and O–H groups in total. The summed E-state index contributed by atoms with van der Waals surface area (Å²) in [5.41, 5.74) is 1.42. The fraction of sp³-hybridized carbons (Fsp3) is 0.278. The third-order valence-corrected chi connectivity index (χ3v) is 4.64. The Morgan fingerprint density at radius 2 is 2.00 bits per heavy atom.